The second kappa shape index (κ2) is 42.5. The number of aromatic carboxylic acids is 1. The number of fused-ring (bicyclic) bond motifs is 4. The van der Waals surface area contributed by atoms with Gasteiger partial charge in [-0.05, 0) is 161 Å². The highest BCUT2D eigenvalue weighted by Gasteiger charge is 2.38. The number of nitrogens with one attached hydrogen (secondary N) is 2. The fourth-order valence-corrected chi connectivity index (χ4v) is 14.7. The maximum absolute atomic E-state index is 14.3. The second-order valence-electron chi connectivity index (χ2n) is 26.7. The number of aliphatic hydroxyl groups excluding tert-OH is 1. The van der Waals surface area contributed by atoms with E-state index in [9.17, 15) is 107 Å². The molecule has 16 nitrogen and oxygen atoms in total. The molecule has 125 heavy (non-hydrogen) atoms. The number of H-pyrrole nitrogens is 2. The van der Waals surface area contributed by atoms with Crippen molar-refractivity contribution in [1.29, 1.82) is 0 Å². The molecule has 0 radical (unpaired) electrons. The van der Waals surface area contributed by atoms with Gasteiger partial charge in [0, 0.05) is 101 Å². The Morgan fingerprint density at radius 2 is 0.832 bits per heavy atom. The molecule has 0 bridgehead atoms. The highest BCUT2D eigenvalue weighted by atomic mass is 79.9. The van der Waals surface area contributed by atoms with Crippen molar-refractivity contribution in [2.45, 2.75) is 80.2 Å². The topological polar surface area (TPSA) is 238 Å². The van der Waals surface area contributed by atoms with Crippen molar-refractivity contribution < 1.29 is 131 Å². The van der Waals surface area contributed by atoms with Crippen molar-refractivity contribution >= 4 is 140 Å². The lowest BCUT2D eigenvalue weighted by molar-refractivity contribution is -0.139. The number of benzene rings is 9. The number of aromatic nitrogens is 4. The summed E-state index contributed by atoms with van der Waals surface area (Å²) in [7, 11) is 0.309. The molecule has 0 aliphatic heterocycles. The zero-order valence-electron chi connectivity index (χ0n) is 65.0. The second-order valence-corrected chi connectivity index (χ2v) is 31.3. The van der Waals surface area contributed by atoms with E-state index in [4.69, 9.17) is 62.4 Å². The third-order valence-corrected chi connectivity index (χ3v) is 21.9. The Hall–Kier alpha value is -10.7. The number of carbonyl (C=O) groups excluding carboxylic acids is 3. The van der Waals surface area contributed by atoms with Crippen LogP contribution in [0.2, 0.25) is 20.1 Å². The standard InChI is InChI=1S/C20H15ClF5NO2.C19H13ClF5NO2.C18H12ClF4NO2.C10H8FNO2.C10H15NO3S.C8H5BrClF3/c1-29-19(28)15-8-12-7-14(27(5-4-22)18(12)10-17(15)23)6-11-2-3-13(21)9-16(11)20(24,25)26;20-12-2-1-10(15(8-12)19(23,24)25)5-13-6-11-7-14(18(27)28)16(22)9-17(11)26(13)4-3-21;1-26-17(25)13-6-10-5-12(24-16(10)8-15(13)20)4-9-2-3-11(19)7-14(9)18(21,22)23;1-14-10(13)7-4-6-2-3-12-9(6)5-8(7)11;1-2-15(13,14)9-5-3-8(4-6-9)10(11)7-12;9-4-5-1-2-6(10)3-7(5)8(11,12)13/h2-3,7-10H,4-6H2,1H3;1-2,6-9H,3-5H2,(H,27,28);2-3,5-8,24H,4H2,1H3;2-5,12H,1H3;3-6,10,12H,2,7,11H2,1H3;1-3H,4H2/t;;;;10-;/m....0./s1. The van der Waals surface area contributed by atoms with Crippen LogP contribution in [0.1, 0.15) is 122 Å². The molecule has 0 saturated carbocycles. The molecule has 1 atom stereocenters. The van der Waals surface area contributed by atoms with Crippen LogP contribution in [0.4, 0.5) is 79.0 Å². The van der Waals surface area contributed by atoms with Gasteiger partial charge in [0.2, 0.25) is 0 Å². The zero-order valence-corrected chi connectivity index (χ0v) is 70.5. The molecule has 0 amide bonds. The zero-order chi connectivity index (χ0) is 92.7. The lowest BCUT2D eigenvalue weighted by atomic mass is 10.0. The molecule has 4 aromatic heterocycles. The number of hydrogen-bond donors (Lipinski definition) is 5. The van der Waals surface area contributed by atoms with Gasteiger partial charge in [0.25, 0.3) is 0 Å². The minimum absolute atomic E-state index is 0.0116. The summed E-state index contributed by atoms with van der Waals surface area (Å²) < 4.78 is 278. The summed E-state index contributed by atoms with van der Waals surface area (Å²) >= 11 is 25.5. The summed E-state index contributed by atoms with van der Waals surface area (Å²) in [5, 5.41) is 19.9. The van der Waals surface area contributed by atoms with Crippen LogP contribution in [-0.4, -0.2) is 109 Å². The van der Waals surface area contributed by atoms with Gasteiger partial charge in [0.05, 0.1) is 113 Å². The molecule has 13 rings (SSSR count). The Kier molecular flexibility index (Phi) is 33.9. The number of aryl methyl sites for hydroxylation is 2. The maximum atomic E-state index is 14.3. The third kappa shape index (κ3) is 25.6. The number of methoxy groups -OCH3 is 3. The predicted molar refractivity (Wildman–Crippen MR) is 438 cm³/mol. The molecule has 6 N–H and O–H groups in total. The van der Waals surface area contributed by atoms with E-state index in [1.54, 1.807) is 37.4 Å². The molecular formula is C85H68BrCl4F18N5O11S. The smallest absolute Gasteiger partial charge is 0.416 e. The van der Waals surface area contributed by atoms with E-state index in [1.807, 2.05) is 0 Å². The van der Waals surface area contributed by atoms with Crippen LogP contribution < -0.4 is 5.73 Å². The molecule has 0 fully saturated rings. The first-order valence-electron chi connectivity index (χ1n) is 36.1. The van der Waals surface area contributed by atoms with Gasteiger partial charge in [-0.25, -0.2) is 53.9 Å². The number of ether oxygens (including phenoxy) is 3. The number of nitrogens with zero attached hydrogens (tertiary/aromatic N) is 2. The van der Waals surface area contributed by atoms with Gasteiger partial charge in [-0.2, -0.15) is 52.7 Å². The number of rotatable bonds is 19. The van der Waals surface area contributed by atoms with Crippen molar-refractivity contribution in [2.24, 2.45) is 5.73 Å². The normalized spacial score (nSPS) is 11.9. The van der Waals surface area contributed by atoms with E-state index in [-0.39, 0.29) is 120 Å². The van der Waals surface area contributed by atoms with Gasteiger partial charge in [0.15, 0.2) is 9.84 Å². The maximum Gasteiger partial charge on any atom is 0.416 e. The van der Waals surface area contributed by atoms with Gasteiger partial charge >= 0.3 is 48.6 Å². The SMILES string of the molecule is CCS(=O)(=O)c1ccc([C@@H](N)CO)cc1.COC(=O)c1cc2cc(Cc3ccc(Cl)cc3C(F)(F)F)[nH]c2cc1F.COC(=O)c1cc2cc(Cc3ccc(Cl)cc3C(F)(F)F)n(CCF)c2cc1F.COC(=O)c1cc2cc[nH]c2cc1F.FC(F)(F)c1cc(Cl)ccc1CBr.O=C(O)c1cc2cc(Cc3ccc(Cl)cc3C(F)(F)F)n(CCF)c2cc1F. The summed E-state index contributed by atoms with van der Waals surface area (Å²) in [6, 6.07) is 35.6. The molecule has 13 aromatic rings. The predicted octanol–water partition coefficient (Wildman–Crippen LogP) is 23.7. The Morgan fingerprint density at radius 1 is 0.472 bits per heavy atom. The van der Waals surface area contributed by atoms with Crippen LogP contribution in [-0.2, 0) is 86.4 Å². The summed E-state index contributed by atoms with van der Waals surface area (Å²) in [5.74, 6) is -7.00. The molecule has 0 saturated heterocycles. The lowest BCUT2D eigenvalue weighted by Crippen LogP contribution is -2.14. The van der Waals surface area contributed by atoms with Crippen molar-refractivity contribution in [2.75, 3.05) is 47.0 Å². The average Bonchev–Trinajstić information content (AvgIpc) is 1.62. The number of esters is 3. The number of nitrogens with two attached hydrogens (primary N) is 1. The minimum Gasteiger partial charge on any atom is -0.478 e. The van der Waals surface area contributed by atoms with E-state index < -0.39 is 129 Å². The fraction of sp³-hybridized carbons (Fsp3) is 0.224. The number of carbonyl (C=O) groups is 4. The largest absolute Gasteiger partial charge is 0.478 e. The first-order chi connectivity index (χ1) is 58.6. The number of aromatic amines is 2. The van der Waals surface area contributed by atoms with Crippen LogP contribution in [0.3, 0.4) is 0 Å². The van der Waals surface area contributed by atoms with Crippen molar-refractivity contribution in [3.05, 3.63) is 309 Å². The Balaban J connectivity index is 0.000000191. The van der Waals surface area contributed by atoms with Crippen LogP contribution in [0.15, 0.2) is 181 Å². The molecule has 0 unspecified atom stereocenters. The Morgan fingerprint density at radius 3 is 1.21 bits per heavy atom. The average molecular weight is 1930 g/mol. The number of hydrogen-bond acceptors (Lipinski definition) is 11. The summed E-state index contributed by atoms with van der Waals surface area (Å²) in [5.41, 5.74) is 4.47. The lowest BCUT2D eigenvalue weighted by Gasteiger charge is -2.15. The summed E-state index contributed by atoms with van der Waals surface area (Å²) in [6.45, 7) is -0.567. The van der Waals surface area contributed by atoms with Gasteiger partial charge in [-0.15, -0.1) is 0 Å². The quantitative estimate of drug-likeness (QED) is 0.0220. The number of alkyl halides is 15. The van der Waals surface area contributed by atoms with Gasteiger partial charge in [0.1, 0.15) is 36.6 Å². The van der Waals surface area contributed by atoms with E-state index in [1.165, 1.54) is 113 Å². The highest BCUT2D eigenvalue weighted by Crippen LogP contribution is 2.41. The molecule has 666 valence electrons. The minimum atomic E-state index is -4.64. The van der Waals surface area contributed by atoms with Gasteiger partial charge < -0.3 is 49.3 Å². The number of carboxylic acid groups (broad SMARTS) is 1. The van der Waals surface area contributed by atoms with Gasteiger partial charge in [-0.1, -0.05) is 106 Å². The number of carboxylic acids is 1. The van der Waals surface area contributed by atoms with Crippen molar-refractivity contribution in [3.8, 4) is 0 Å². The van der Waals surface area contributed by atoms with Crippen molar-refractivity contribution in [3.63, 3.8) is 0 Å². The van der Waals surface area contributed by atoms with E-state index in [2.05, 4.69) is 40.1 Å². The first-order valence-corrected chi connectivity index (χ1v) is 40.4. The fourth-order valence-electron chi connectivity index (χ4n) is 12.6. The van der Waals surface area contributed by atoms with E-state index in [0.29, 0.717) is 49.2 Å². The molecule has 0 aliphatic rings. The number of halogens is 23. The molecule has 40 heteroatoms. The van der Waals surface area contributed by atoms with Crippen molar-refractivity contribution in [1.82, 2.24) is 19.1 Å². The number of sulfone groups is 1. The summed E-state index contributed by atoms with van der Waals surface area (Å²) in [6.07, 6.45) is -16.9. The van der Waals surface area contributed by atoms with Crippen LogP contribution in [0.25, 0.3) is 43.6 Å². The monoisotopic (exact) mass is 1930 g/mol. The van der Waals surface area contributed by atoms with Crippen LogP contribution >= 0.6 is 62.3 Å². The van der Waals surface area contributed by atoms with Gasteiger partial charge in [-0.3, -0.25) is 0 Å². The molecular weight excluding hydrogens is 1860 g/mol. The molecule has 0 spiro atoms. The van der Waals surface area contributed by atoms with Crippen LogP contribution in [0, 0.1) is 23.3 Å². The summed E-state index contributed by atoms with van der Waals surface area (Å²) in [4.78, 5) is 51.5. The Labute approximate surface area is 727 Å². The Bertz CT molecular complexity index is 6200. The van der Waals surface area contributed by atoms with E-state index in [0.717, 1.165) is 73.7 Å². The first kappa shape index (κ1) is 99.7. The van der Waals surface area contributed by atoms with Crippen LogP contribution in [0.5, 0.6) is 0 Å². The molecule has 9 aromatic carbocycles. The molecule has 0 aliphatic carbocycles. The number of aliphatic hydroxyl groups is 1. The third-order valence-electron chi connectivity index (χ3n) is 18.6. The molecule has 4 heterocycles. The van der Waals surface area contributed by atoms with E-state index >= 15 is 0 Å². The highest BCUT2D eigenvalue weighted by molar-refractivity contribution is 9.08.